The van der Waals surface area contributed by atoms with Crippen LogP contribution in [-0.4, -0.2) is 18.9 Å². The van der Waals surface area contributed by atoms with Crippen molar-refractivity contribution in [3.8, 4) is 0 Å². The number of hydrogen-bond acceptors (Lipinski definition) is 2. The van der Waals surface area contributed by atoms with Crippen LogP contribution in [0.2, 0.25) is 0 Å². The summed E-state index contributed by atoms with van der Waals surface area (Å²) in [4.78, 5) is 4.10. The van der Waals surface area contributed by atoms with Gasteiger partial charge in [-0.25, -0.2) is 8.78 Å². The highest BCUT2D eigenvalue weighted by molar-refractivity contribution is 5.99. The summed E-state index contributed by atoms with van der Waals surface area (Å²) in [5, 5.41) is 2.95. The summed E-state index contributed by atoms with van der Waals surface area (Å²) in [6.45, 7) is 1.42. The zero-order valence-electron chi connectivity index (χ0n) is 7.56. The van der Waals surface area contributed by atoms with Crippen molar-refractivity contribution in [3.05, 3.63) is 35.4 Å². The fraction of sp³-hybridized carbons (Fsp3) is 0.300. The van der Waals surface area contributed by atoms with Crippen LogP contribution >= 0.6 is 0 Å². The van der Waals surface area contributed by atoms with Crippen LogP contribution in [-0.2, 0) is 0 Å². The van der Waals surface area contributed by atoms with E-state index in [-0.39, 0.29) is 5.56 Å². The molecule has 1 aromatic rings. The van der Waals surface area contributed by atoms with Crippen LogP contribution in [0.25, 0.3) is 0 Å². The first-order valence-electron chi connectivity index (χ1n) is 4.52. The van der Waals surface area contributed by atoms with Crippen molar-refractivity contribution in [2.45, 2.75) is 6.42 Å². The molecule has 4 heteroatoms. The van der Waals surface area contributed by atoms with E-state index in [4.69, 9.17) is 0 Å². The molecule has 0 radical (unpaired) electrons. The van der Waals surface area contributed by atoms with Crippen LogP contribution in [0.1, 0.15) is 12.0 Å². The van der Waals surface area contributed by atoms with Gasteiger partial charge in [0.05, 0.1) is 5.56 Å². The molecule has 74 valence electrons. The second-order valence-electron chi connectivity index (χ2n) is 3.11. The molecule has 0 aliphatic carbocycles. The summed E-state index contributed by atoms with van der Waals surface area (Å²) >= 11 is 0. The average Bonchev–Trinajstić information content (AvgIpc) is 2.23. The Morgan fingerprint density at radius 2 is 2.14 bits per heavy atom. The van der Waals surface area contributed by atoms with Gasteiger partial charge in [0.2, 0.25) is 0 Å². The third-order valence-electron chi connectivity index (χ3n) is 2.10. The molecule has 1 aliphatic heterocycles. The van der Waals surface area contributed by atoms with Gasteiger partial charge in [0, 0.05) is 13.1 Å². The van der Waals surface area contributed by atoms with Gasteiger partial charge in [-0.15, -0.1) is 0 Å². The maximum absolute atomic E-state index is 13.3. The third-order valence-corrected chi connectivity index (χ3v) is 2.10. The van der Waals surface area contributed by atoms with Gasteiger partial charge in [-0.05, 0) is 18.6 Å². The first kappa shape index (κ1) is 9.12. The third kappa shape index (κ3) is 1.60. The first-order chi connectivity index (χ1) is 6.79. The summed E-state index contributed by atoms with van der Waals surface area (Å²) < 4.78 is 26.2. The van der Waals surface area contributed by atoms with Gasteiger partial charge in [0.25, 0.3) is 0 Å². The van der Waals surface area contributed by atoms with E-state index in [2.05, 4.69) is 10.3 Å². The van der Waals surface area contributed by atoms with E-state index >= 15 is 0 Å². The van der Waals surface area contributed by atoms with Gasteiger partial charge in [0.15, 0.2) is 11.6 Å². The lowest BCUT2D eigenvalue weighted by Gasteiger charge is -2.15. The minimum Gasteiger partial charge on any atom is -0.370 e. The highest BCUT2D eigenvalue weighted by Gasteiger charge is 2.14. The van der Waals surface area contributed by atoms with Crippen LogP contribution in [0.15, 0.2) is 23.2 Å². The zero-order valence-corrected chi connectivity index (χ0v) is 7.56. The monoisotopic (exact) mass is 196 g/mol. The molecule has 0 unspecified atom stereocenters. The lowest BCUT2D eigenvalue weighted by atomic mass is 10.1. The maximum atomic E-state index is 13.3. The number of rotatable bonds is 1. The van der Waals surface area contributed by atoms with E-state index < -0.39 is 11.6 Å². The Bertz CT molecular complexity index is 374. The minimum atomic E-state index is -0.836. The van der Waals surface area contributed by atoms with Crippen LogP contribution in [0, 0.1) is 11.6 Å². The highest BCUT2D eigenvalue weighted by Crippen LogP contribution is 2.12. The summed E-state index contributed by atoms with van der Waals surface area (Å²) in [7, 11) is 0. The molecule has 0 spiro atoms. The zero-order chi connectivity index (χ0) is 9.97. The van der Waals surface area contributed by atoms with E-state index in [0.717, 1.165) is 19.0 Å². The van der Waals surface area contributed by atoms with Gasteiger partial charge in [0.1, 0.15) is 5.84 Å². The SMILES string of the molecule is Fc1cccc(C2=NCCCN2)c1F. The molecule has 2 nitrogen and oxygen atoms in total. The van der Waals surface area contributed by atoms with Gasteiger partial charge >= 0.3 is 0 Å². The molecule has 2 rings (SSSR count). The molecular weight excluding hydrogens is 186 g/mol. The second-order valence-corrected chi connectivity index (χ2v) is 3.11. The van der Waals surface area contributed by atoms with Crippen molar-refractivity contribution < 1.29 is 8.78 Å². The fourth-order valence-corrected chi connectivity index (χ4v) is 1.40. The van der Waals surface area contributed by atoms with Crippen LogP contribution < -0.4 is 5.32 Å². The Labute approximate surface area is 80.7 Å². The number of halogens is 2. The van der Waals surface area contributed by atoms with Crippen LogP contribution in [0.4, 0.5) is 8.78 Å². The fourth-order valence-electron chi connectivity index (χ4n) is 1.40. The summed E-state index contributed by atoms with van der Waals surface area (Å²) in [6.07, 6.45) is 0.931. The van der Waals surface area contributed by atoms with Gasteiger partial charge in [-0.2, -0.15) is 0 Å². The van der Waals surface area contributed by atoms with E-state index in [9.17, 15) is 8.78 Å². The number of amidine groups is 1. The number of nitrogens with zero attached hydrogens (tertiary/aromatic N) is 1. The Morgan fingerprint density at radius 1 is 1.29 bits per heavy atom. The molecule has 0 aromatic heterocycles. The van der Waals surface area contributed by atoms with Crippen molar-refractivity contribution in [2.75, 3.05) is 13.1 Å². The molecule has 1 heterocycles. The predicted octanol–water partition coefficient (Wildman–Crippen LogP) is 1.70. The van der Waals surface area contributed by atoms with Crippen molar-refractivity contribution in [1.29, 1.82) is 0 Å². The Kier molecular flexibility index (Phi) is 2.43. The van der Waals surface area contributed by atoms with E-state index in [1.807, 2.05) is 0 Å². The number of benzene rings is 1. The quantitative estimate of drug-likeness (QED) is 0.726. The molecule has 0 saturated carbocycles. The van der Waals surface area contributed by atoms with Gasteiger partial charge in [-0.3, -0.25) is 4.99 Å². The lowest BCUT2D eigenvalue weighted by Crippen LogP contribution is -2.31. The number of nitrogens with one attached hydrogen (secondary N) is 1. The summed E-state index contributed by atoms with van der Waals surface area (Å²) in [5.41, 5.74) is 0.213. The predicted molar refractivity (Wildman–Crippen MR) is 50.4 cm³/mol. The molecule has 0 amide bonds. The lowest BCUT2D eigenvalue weighted by molar-refractivity contribution is 0.506. The molecule has 0 saturated heterocycles. The number of aliphatic imine (C=N–C) groups is 1. The first-order valence-corrected chi connectivity index (χ1v) is 4.52. The summed E-state index contributed by atoms with van der Waals surface area (Å²) in [5.74, 6) is -1.22. The van der Waals surface area contributed by atoms with Crippen molar-refractivity contribution in [1.82, 2.24) is 5.32 Å². The molecule has 14 heavy (non-hydrogen) atoms. The molecular formula is C10H10F2N2. The molecule has 1 N–H and O–H groups in total. The van der Waals surface area contributed by atoms with E-state index in [1.54, 1.807) is 0 Å². The van der Waals surface area contributed by atoms with Gasteiger partial charge < -0.3 is 5.32 Å². The van der Waals surface area contributed by atoms with E-state index in [0.29, 0.717) is 12.4 Å². The standard InChI is InChI=1S/C10H10F2N2/c11-8-4-1-3-7(9(8)12)10-13-5-2-6-14-10/h1,3-4H,2,5-6H2,(H,13,14). The topological polar surface area (TPSA) is 24.4 Å². The molecule has 1 aromatic carbocycles. The molecule has 0 atom stereocenters. The Hall–Kier alpha value is -1.45. The highest BCUT2D eigenvalue weighted by atomic mass is 19.2. The largest absolute Gasteiger partial charge is 0.370 e. The molecule has 1 aliphatic rings. The number of hydrogen-bond donors (Lipinski definition) is 1. The van der Waals surface area contributed by atoms with Crippen molar-refractivity contribution in [2.24, 2.45) is 4.99 Å². The van der Waals surface area contributed by atoms with Crippen molar-refractivity contribution >= 4 is 5.84 Å². The summed E-state index contributed by atoms with van der Waals surface area (Å²) in [6, 6.07) is 4.10. The second kappa shape index (κ2) is 3.74. The minimum absolute atomic E-state index is 0.213. The van der Waals surface area contributed by atoms with Crippen LogP contribution in [0.3, 0.4) is 0 Å². The van der Waals surface area contributed by atoms with Crippen LogP contribution in [0.5, 0.6) is 0 Å². The van der Waals surface area contributed by atoms with E-state index in [1.165, 1.54) is 12.1 Å². The Balaban J connectivity index is 2.40. The maximum Gasteiger partial charge on any atom is 0.169 e. The average molecular weight is 196 g/mol. The Morgan fingerprint density at radius 3 is 2.86 bits per heavy atom. The van der Waals surface area contributed by atoms with Crippen molar-refractivity contribution in [3.63, 3.8) is 0 Å². The normalized spacial score (nSPS) is 16.0. The smallest absolute Gasteiger partial charge is 0.169 e. The molecule has 0 fully saturated rings. The van der Waals surface area contributed by atoms with Gasteiger partial charge in [-0.1, -0.05) is 6.07 Å². The molecule has 0 bridgehead atoms.